The number of nitrogens with zero attached hydrogens (tertiary/aromatic N) is 1. The summed E-state index contributed by atoms with van der Waals surface area (Å²) in [5.74, 6) is -0.356. The van der Waals surface area contributed by atoms with Gasteiger partial charge in [-0.15, -0.1) is 0 Å². The van der Waals surface area contributed by atoms with Crippen LogP contribution in [0.15, 0.2) is 31.5 Å². The molecule has 1 aromatic heterocycles. The molecule has 0 radical (unpaired) electrons. The third-order valence-electron chi connectivity index (χ3n) is 8.04. The van der Waals surface area contributed by atoms with Gasteiger partial charge in [-0.05, 0) is 18.6 Å². The second-order valence-electron chi connectivity index (χ2n) is 11.1. The molecule has 0 bridgehead atoms. The van der Waals surface area contributed by atoms with Crippen molar-refractivity contribution in [3.8, 4) is 17.0 Å². The van der Waals surface area contributed by atoms with Crippen molar-refractivity contribution in [2.24, 2.45) is 4.99 Å². The molecule has 0 saturated heterocycles. The average molecular weight is 568 g/mol. The number of benzene rings is 2. The molecule has 216 valence electrons. The number of hydrogen-bond acceptors (Lipinski definition) is 5. The number of unbranched alkanes of at least 4 members (excludes halogenated alkanes) is 15. The average Bonchev–Trinajstić information content (AvgIpc) is 2.92. The number of hydrogen-bond donors (Lipinski definition) is 3. The van der Waals surface area contributed by atoms with Crippen molar-refractivity contribution in [1.82, 2.24) is 9.97 Å². The van der Waals surface area contributed by atoms with Crippen molar-refractivity contribution in [2.75, 3.05) is 6.54 Å². The van der Waals surface area contributed by atoms with Crippen LogP contribution >= 0.6 is 11.6 Å². The molecule has 1 aliphatic carbocycles. The fraction of sp³-hybridized carbons (Fsp3) is 0.562. The van der Waals surface area contributed by atoms with Crippen LogP contribution in [0.4, 0.5) is 0 Å². The molecule has 0 unspecified atom stereocenters. The SMILES string of the molecule is CCCCCCCCCCCCCCCCCCN=c1cc2c(=O)[nH]c(=O)c3c(Cl)cc4c(O)[nH]c(=O)c1c4c3-2. The summed E-state index contributed by atoms with van der Waals surface area (Å²) < 4.78 is 0. The maximum atomic E-state index is 12.9. The fourth-order valence-corrected chi connectivity index (χ4v) is 6.15. The Hall–Kier alpha value is -2.93. The van der Waals surface area contributed by atoms with Crippen LogP contribution in [0.1, 0.15) is 110 Å². The van der Waals surface area contributed by atoms with E-state index in [9.17, 15) is 19.5 Å². The van der Waals surface area contributed by atoms with E-state index in [4.69, 9.17) is 11.6 Å². The van der Waals surface area contributed by atoms with Gasteiger partial charge in [-0.2, -0.15) is 0 Å². The van der Waals surface area contributed by atoms with Crippen molar-refractivity contribution in [1.29, 1.82) is 0 Å². The Labute approximate surface area is 239 Å². The molecule has 2 aliphatic rings. The van der Waals surface area contributed by atoms with Crippen molar-refractivity contribution in [2.45, 2.75) is 110 Å². The molecule has 8 heteroatoms. The standard InChI is InChI=1S/C32H42ClN3O4/c1-2-3-4-5-6-7-8-9-10-11-12-13-14-15-16-17-18-34-24-20-22-25-26-21(29(37)36-32(40)28(24)26)19-23(33)27(25)31(39)35-30(22)38/h19-20H,2-18H2,1H3,(H,35,38,39)(H2,36,37,40). The van der Waals surface area contributed by atoms with Crippen molar-refractivity contribution < 1.29 is 5.11 Å². The molecular formula is C32H42ClN3O4. The first kappa shape index (κ1) is 30.0. The summed E-state index contributed by atoms with van der Waals surface area (Å²) in [4.78, 5) is 47.5. The summed E-state index contributed by atoms with van der Waals surface area (Å²) in [6, 6.07) is 2.99. The zero-order chi connectivity index (χ0) is 28.5. The summed E-state index contributed by atoms with van der Waals surface area (Å²) in [6.07, 6.45) is 20.6. The molecule has 4 rings (SSSR count). The van der Waals surface area contributed by atoms with Crippen LogP contribution in [-0.2, 0) is 0 Å². The fourth-order valence-electron chi connectivity index (χ4n) is 5.86. The Morgan fingerprint density at radius 1 is 0.675 bits per heavy atom. The molecule has 1 aliphatic heterocycles. The van der Waals surface area contributed by atoms with E-state index < -0.39 is 16.7 Å². The molecule has 40 heavy (non-hydrogen) atoms. The molecule has 0 fully saturated rings. The molecule has 0 atom stereocenters. The van der Waals surface area contributed by atoms with E-state index in [1.165, 1.54) is 89.5 Å². The predicted octanol–water partition coefficient (Wildman–Crippen LogP) is 7.23. The van der Waals surface area contributed by atoms with Crippen LogP contribution < -0.4 is 22.0 Å². The number of rotatable bonds is 17. The molecule has 3 N–H and O–H groups in total. The van der Waals surface area contributed by atoms with Gasteiger partial charge in [0, 0.05) is 22.9 Å². The van der Waals surface area contributed by atoms with Gasteiger partial charge in [0.1, 0.15) is 0 Å². The van der Waals surface area contributed by atoms with Gasteiger partial charge in [0.05, 0.1) is 26.7 Å². The Kier molecular flexibility index (Phi) is 11.0. The van der Waals surface area contributed by atoms with Crippen LogP contribution in [0.2, 0.25) is 5.02 Å². The minimum absolute atomic E-state index is 0.0975. The van der Waals surface area contributed by atoms with E-state index in [0.29, 0.717) is 17.3 Å². The van der Waals surface area contributed by atoms with Crippen molar-refractivity contribution in [3.63, 3.8) is 0 Å². The van der Waals surface area contributed by atoms with Crippen LogP contribution in [0.3, 0.4) is 0 Å². The Morgan fingerprint density at radius 3 is 1.77 bits per heavy atom. The van der Waals surface area contributed by atoms with E-state index in [-0.39, 0.29) is 38.2 Å². The van der Waals surface area contributed by atoms with Gasteiger partial charge >= 0.3 is 0 Å². The van der Waals surface area contributed by atoms with Crippen LogP contribution in [0, 0.1) is 0 Å². The van der Waals surface area contributed by atoms with E-state index in [0.717, 1.165) is 19.3 Å². The third kappa shape index (κ3) is 7.03. The second-order valence-corrected chi connectivity index (χ2v) is 11.5. The first-order chi connectivity index (χ1) is 19.4. The van der Waals surface area contributed by atoms with E-state index in [1.807, 2.05) is 0 Å². The van der Waals surface area contributed by atoms with Crippen molar-refractivity contribution >= 4 is 33.1 Å². The second kappa shape index (κ2) is 14.6. The van der Waals surface area contributed by atoms with Crippen LogP contribution in [0.25, 0.3) is 32.7 Å². The third-order valence-corrected chi connectivity index (χ3v) is 8.34. The van der Waals surface area contributed by atoms with E-state index in [2.05, 4.69) is 21.9 Å². The van der Waals surface area contributed by atoms with Gasteiger partial charge in [0.15, 0.2) is 5.88 Å². The number of aromatic amines is 2. The minimum Gasteiger partial charge on any atom is -0.494 e. The van der Waals surface area contributed by atoms with Crippen LogP contribution in [0.5, 0.6) is 5.88 Å². The molecule has 2 aromatic rings. The van der Waals surface area contributed by atoms with E-state index >= 15 is 0 Å². The lowest BCUT2D eigenvalue weighted by molar-refractivity contribution is 0.459. The van der Waals surface area contributed by atoms with Crippen molar-refractivity contribution in [3.05, 3.63) is 53.6 Å². The van der Waals surface area contributed by atoms with Gasteiger partial charge < -0.3 is 5.11 Å². The van der Waals surface area contributed by atoms with Gasteiger partial charge in [0.2, 0.25) is 0 Å². The molecular weight excluding hydrogens is 526 g/mol. The molecule has 0 saturated carbocycles. The van der Waals surface area contributed by atoms with Gasteiger partial charge in [-0.1, -0.05) is 115 Å². The number of pyridine rings is 2. The highest BCUT2D eigenvalue weighted by molar-refractivity contribution is 6.37. The Balaban J connectivity index is 1.28. The lowest BCUT2D eigenvalue weighted by atomic mass is 9.91. The molecule has 7 nitrogen and oxygen atoms in total. The zero-order valence-electron chi connectivity index (χ0n) is 23.7. The number of aromatic hydroxyl groups is 1. The zero-order valence-corrected chi connectivity index (χ0v) is 24.4. The van der Waals surface area contributed by atoms with E-state index in [1.54, 1.807) is 6.07 Å². The quantitative estimate of drug-likeness (QED) is 0.0921. The molecule has 1 aromatic carbocycles. The number of halogens is 1. The number of nitrogens with one attached hydrogen (secondary N) is 2. The minimum atomic E-state index is -0.622. The first-order valence-electron chi connectivity index (χ1n) is 15.2. The maximum Gasteiger partial charge on any atom is 0.260 e. The van der Waals surface area contributed by atoms with Crippen LogP contribution in [-0.4, -0.2) is 21.6 Å². The summed E-state index contributed by atoms with van der Waals surface area (Å²) in [5.41, 5.74) is -1.20. The lowest BCUT2D eigenvalue weighted by Gasteiger charge is -2.15. The molecule has 0 spiro atoms. The van der Waals surface area contributed by atoms with Gasteiger partial charge in [0.25, 0.3) is 16.7 Å². The smallest absolute Gasteiger partial charge is 0.260 e. The summed E-state index contributed by atoms with van der Waals surface area (Å²) in [5, 5.41) is 11.9. The first-order valence-corrected chi connectivity index (χ1v) is 15.6. The highest BCUT2D eigenvalue weighted by Gasteiger charge is 2.25. The predicted molar refractivity (Wildman–Crippen MR) is 165 cm³/mol. The largest absolute Gasteiger partial charge is 0.494 e. The monoisotopic (exact) mass is 567 g/mol. The summed E-state index contributed by atoms with van der Waals surface area (Å²) in [6.45, 7) is 2.79. The number of aromatic nitrogens is 2. The Morgan fingerprint density at radius 2 is 1.20 bits per heavy atom. The lowest BCUT2D eigenvalue weighted by Crippen LogP contribution is -2.27. The highest BCUT2D eigenvalue weighted by Crippen LogP contribution is 2.39. The van der Waals surface area contributed by atoms with Gasteiger partial charge in [-0.25, -0.2) is 0 Å². The topological polar surface area (TPSA) is 115 Å². The highest BCUT2D eigenvalue weighted by atomic mass is 35.5. The summed E-state index contributed by atoms with van der Waals surface area (Å²) in [7, 11) is 0. The van der Waals surface area contributed by atoms with Gasteiger partial charge in [-0.3, -0.25) is 29.3 Å². The summed E-state index contributed by atoms with van der Waals surface area (Å²) >= 11 is 6.34. The molecule has 0 amide bonds. The molecule has 2 heterocycles. The maximum absolute atomic E-state index is 12.9. The number of H-pyrrole nitrogens is 2. The Bertz CT molecular complexity index is 1590. The normalized spacial score (nSPS) is 12.5.